The number of aliphatic carboxylic acids is 1. The number of carbonyl (C=O) groups excluding carboxylic acids is 1. The molecule has 1 unspecified atom stereocenters. The van der Waals surface area contributed by atoms with Gasteiger partial charge in [-0.15, -0.1) is 11.6 Å². The van der Waals surface area contributed by atoms with Crippen LogP contribution in [0.1, 0.15) is 5.56 Å². The SMILES string of the molecule is O=C([O-])C(Cl)COCc1ccccc1.[Na+]. The number of rotatable bonds is 5. The Balaban J connectivity index is 0.00000196. The van der Waals surface area contributed by atoms with Crippen LogP contribution >= 0.6 is 11.6 Å². The zero-order chi connectivity index (χ0) is 10.4. The Kier molecular flexibility index (Phi) is 8.10. The minimum atomic E-state index is -1.31. The summed E-state index contributed by atoms with van der Waals surface area (Å²) < 4.78 is 5.09. The van der Waals surface area contributed by atoms with Crippen LogP contribution in [0.25, 0.3) is 0 Å². The summed E-state index contributed by atoms with van der Waals surface area (Å²) >= 11 is 5.39. The van der Waals surface area contributed by atoms with Crippen LogP contribution in [0.5, 0.6) is 0 Å². The molecule has 0 amide bonds. The Labute approximate surface area is 116 Å². The van der Waals surface area contributed by atoms with E-state index in [1.165, 1.54) is 0 Å². The van der Waals surface area contributed by atoms with Gasteiger partial charge in [-0.2, -0.15) is 0 Å². The van der Waals surface area contributed by atoms with Gasteiger partial charge in [-0.05, 0) is 5.56 Å². The summed E-state index contributed by atoms with van der Waals surface area (Å²) in [5.74, 6) is -1.31. The van der Waals surface area contributed by atoms with Crippen LogP contribution in [-0.2, 0) is 16.1 Å². The van der Waals surface area contributed by atoms with Crippen LogP contribution in [0.4, 0.5) is 0 Å². The van der Waals surface area contributed by atoms with Crippen molar-refractivity contribution in [1.82, 2.24) is 0 Å². The fourth-order valence-corrected chi connectivity index (χ4v) is 1.01. The summed E-state index contributed by atoms with van der Waals surface area (Å²) in [6.45, 7) is 0.316. The third-order valence-electron chi connectivity index (χ3n) is 1.63. The van der Waals surface area contributed by atoms with E-state index in [-0.39, 0.29) is 36.2 Å². The number of halogens is 1. The van der Waals surface area contributed by atoms with Gasteiger partial charge in [0.05, 0.1) is 24.6 Å². The molecule has 1 rings (SSSR count). The topological polar surface area (TPSA) is 49.4 Å². The monoisotopic (exact) mass is 236 g/mol. The maximum Gasteiger partial charge on any atom is 1.00 e. The van der Waals surface area contributed by atoms with E-state index in [2.05, 4.69) is 0 Å². The van der Waals surface area contributed by atoms with E-state index in [0.717, 1.165) is 5.56 Å². The molecule has 3 nitrogen and oxygen atoms in total. The maximum absolute atomic E-state index is 10.2. The molecule has 0 saturated heterocycles. The zero-order valence-electron chi connectivity index (χ0n) is 8.48. The summed E-state index contributed by atoms with van der Waals surface area (Å²) in [6, 6.07) is 9.45. The first-order valence-electron chi connectivity index (χ1n) is 4.16. The molecule has 0 heterocycles. The molecule has 0 saturated carbocycles. The van der Waals surface area contributed by atoms with Gasteiger partial charge in [0.15, 0.2) is 0 Å². The van der Waals surface area contributed by atoms with Crippen LogP contribution < -0.4 is 34.7 Å². The molecule has 0 aliphatic heterocycles. The molecule has 0 bridgehead atoms. The number of hydrogen-bond acceptors (Lipinski definition) is 3. The molecule has 1 aromatic rings. The standard InChI is InChI=1S/C10H11ClO3.Na/c11-9(10(12)13)7-14-6-8-4-2-1-3-5-8;/h1-5,9H,6-7H2,(H,12,13);/q;+1/p-1. The molecule has 0 spiro atoms. The van der Waals surface area contributed by atoms with Crippen molar-refractivity contribution < 1.29 is 44.2 Å². The maximum atomic E-state index is 10.2. The molecule has 0 N–H and O–H groups in total. The average molecular weight is 237 g/mol. The molecule has 1 atom stereocenters. The van der Waals surface area contributed by atoms with Crippen molar-refractivity contribution in [2.24, 2.45) is 0 Å². The molecule has 76 valence electrons. The van der Waals surface area contributed by atoms with Crippen molar-refractivity contribution in [2.45, 2.75) is 12.0 Å². The largest absolute Gasteiger partial charge is 1.00 e. The van der Waals surface area contributed by atoms with Crippen LogP contribution in [0.3, 0.4) is 0 Å². The van der Waals surface area contributed by atoms with Gasteiger partial charge in [0.1, 0.15) is 0 Å². The third-order valence-corrected chi connectivity index (χ3v) is 1.94. The van der Waals surface area contributed by atoms with E-state index in [1.54, 1.807) is 0 Å². The van der Waals surface area contributed by atoms with E-state index >= 15 is 0 Å². The quantitative estimate of drug-likeness (QED) is 0.422. The Morgan fingerprint density at radius 2 is 2.00 bits per heavy atom. The molecule has 0 aliphatic rings. The van der Waals surface area contributed by atoms with E-state index in [0.29, 0.717) is 6.61 Å². The van der Waals surface area contributed by atoms with Crippen LogP contribution in [0, 0.1) is 0 Å². The Hall–Kier alpha value is -0.0600. The molecular formula is C10H10ClNaO3. The second kappa shape index (κ2) is 8.13. The predicted molar refractivity (Wildman–Crippen MR) is 50.7 cm³/mol. The van der Waals surface area contributed by atoms with Gasteiger partial charge in [0, 0.05) is 0 Å². The second-order valence-corrected chi connectivity index (χ2v) is 3.31. The van der Waals surface area contributed by atoms with Crippen molar-refractivity contribution in [1.29, 1.82) is 0 Å². The fourth-order valence-electron chi connectivity index (χ4n) is 0.923. The Morgan fingerprint density at radius 1 is 1.40 bits per heavy atom. The number of ether oxygens (including phenoxy) is 1. The summed E-state index contributed by atoms with van der Waals surface area (Å²) in [6.07, 6.45) is 0. The van der Waals surface area contributed by atoms with Gasteiger partial charge in [-0.25, -0.2) is 0 Å². The van der Waals surface area contributed by atoms with Crippen molar-refractivity contribution in [3.05, 3.63) is 35.9 Å². The Morgan fingerprint density at radius 3 is 2.53 bits per heavy atom. The van der Waals surface area contributed by atoms with Crippen molar-refractivity contribution in [2.75, 3.05) is 6.61 Å². The number of carboxylic acid groups (broad SMARTS) is 1. The van der Waals surface area contributed by atoms with Crippen molar-refractivity contribution >= 4 is 17.6 Å². The number of hydrogen-bond donors (Lipinski definition) is 0. The number of carboxylic acids is 1. The van der Waals surface area contributed by atoms with Crippen LogP contribution in [-0.4, -0.2) is 18.0 Å². The fraction of sp³-hybridized carbons (Fsp3) is 0.300. The summed E-state index contributed by atoms with van der Waals surface area (Å²) in [5, 5.41) is 9.13. The molecule has 0 aliphatic carbocycles. The number of benzene rings is 1. The van der Waals surface area contributed by atoms with Crippen LogP contribution in [0.2, 0.25) is 0 Å². The number of alkyl halides is 1. The van der Waals surface area contributed by atoms with Gasteiger partial charge in [-0.3, -0.25) is 0 Å². The average Bonchev–Trinajstić information content (AvgIpc) is 2.19. The van der Waals surface area contributed by atoms with E-state index in [9.17, 15) is 9.90 Å². The van der Waals surface area contributed by atoms with Crippen molar-refractivity contribution in [3.8, 4) is 0 Å². The van der Waals surface area contributed by atoms with E-state index in [4.69, 9.17) is 16.3 Å². The third kappa shape index (κ3) is 6.17. The van der Waals surface area contributed by atoms with Crippen molar-refractivity contribution in [3.63, 3.8) is 0 Å². The summed E-state index contributed by atoms with van der Waals surface area (Å²) in [7, 11) is 0. The zero-order valence-corrected chi connectivity index (χ0v) is 11.2. The smallest absolute Gasteiger partial charge is 0.548 e. The van der Waals surface area contributed by atoms with E-state index in [1.807, 2.05) is 30.3 Å². The summed E-state index contributed by atoms with van der Waals surface area (Å²) in [4.78, 5) is 10.2. The van der Waals surface area contributed by atoms with Gasteiger partial charge >= 0.3 is 29.6 Å². The first kappa shape index (κ1) is 14.9. The molecule has 0 fully saturated rings. The number of carbonyl (C=O) groups is 1. The van der Waals surface area contributed by atoms with E-state index < -0.39 is 11.3 Å². The minimum Gasteiger partial charge on any atom is -0.548 e. The normalized spacial score (nSPS) is 11.5. The molecular weight excluding hydrogens is 227 g/mol. The van der Waals surface area contributed by atoms with Gasteiger partial charge in [0.2, 0.25) is 0 Å². The molecule has 0 radical (unpaired) electrons. The van der Waals surface area contributed by atoms with Crippen LogP contribution in [0.15, 0.2) is 30.3 Å². The first-order valence-corrected chi connectivity index (χ1v) is 4.60. The minimum absolute atomic E-state index is 0. The van der Waals surface area contributed by atoms with Gasteiger partial charge in [0.25, 0.3) is 0 Å². The second-order valence-electron chi connectivity index (χ2n) is 2.79. The predicted octanol–water partition coefficient (Wildman–Crippen LogP) is -2.44. The molecule has 5 heteroatoms. The molecule has 1 aromatic carbocycles. The first-order chi connectivity index (χ1) is 6.70. The Bertz CT molecular complexity index is 292. The van der Waals surface area contributed by atoms with Gasteiger partial charge in [-0.1, -0.05) is 30.3 Å². The molecule has 15 heavy (non-hydrogen) atoms. The van der Waals surface area contributed by atoms with Gasteiger partial charge < -0.3 is 14.6 Å². The molecule has 0 aromatic heterocycles. The summed E-state index contributed by atoms with van der Waals surface area (Å²) in [5.41, 5.74) is 0.981.